The van der Waals surface area contributed by atoms with Crippen molar-refractivity contribution in [3.63, 3.8) is 0 Å². The molecule has 1 aliphatic carbocycles. The molecule has 1 saturated carbocycles. The van der Waals surface area contributed by atoms with E-state index in [1.807, 2.05) is 30.1 Å². The van der Waals surface area contributed by atoms with Crippen LogP contribution in [-0.4, -0.2) is 67.4 Å². The summed E-state index contributed by atoms with van der Waals surface area (Å²) >= 11 is 1.51. The quantitative estimate of drug-likeness (QED) is 0.433. The lowest BCUT2D eigenvalue weighted by atomic mass is 9.75. The Morgan fingerprint density at radius 2 is 2.05 bits per heavy atom. The molecule has 4 aliphatic rings. The molecule has 1 unspecified atom stereocenters. The molecule has 3 aliphatic heterocycles. The molecule has 1 spiro atoms. The highest BCUT2D eigenvalue weighted by molar-refractivity contribution is 7.21. The summed E-state index contributed by atoms with van der Waals surface area (Å²) in [5.41, 5.74) is 4.13. The Bertz CT molecular complexity index is 1510. The summed E-state index contributed by atoms with van der Waals surface area (Å²) in [5, 5.41) is 18.2. The maximum Gasteiger partial charge on any atom is 0.260 e. The van der Waals surface area contributed by atoms with Gasteiger partial charge in [-0.1, -0.05) is 0 Å². The van der Waals surface area contributed by atoms with Crippen LogP contribution in [0.2, 0.25) is 0 Å². The predicted molar refractivity (Wildman–Crippen MR) is 146 cm³/mol. The lowest BCUT2D eigenvalue weighted by Gasteiger charge is -2.45. The first kappa shape index (κ1) is 24.6. The van der Waals surface area contributed by atoms with Gasteiger partial charge in [-0.05, 0) is 51.6 Å². The fourth-order valence-corrected chi connectivity index (χ4v) is 7.26. The Balaban J connectivity index is 1.05. The van der Waals surface area contributed by atoms with E-state index in [0.29, 0.717) is 36.7 Å². The third-order valence-electron chi connectivity index (χ3n) is 8.51. The number of hydrogen-bond acceptors (Lipinski definition) is 8. The highest BCUT2D eigenvalue weighted by atomic mass is 32.1. The monoisotopic (exact) mass is 548 g/mol. The molecule has 3 aromatic heterocycles. The van der Waals surface area contributed by atoms with Gasteiger partial charge in [-0.2, -0.15) is 10.2 Å². The Morgan fingerprint density at radius 1 is 1.18 bits per heavy atom. The predicted octanol–water partition coefficient (Wildman–Crippen LogP) is 2.37. The van der Waals surface area contributed by atoms with E-state index in [2.05, 4.69) is 31.0 Å². The molecule has 3 aromatic rings. The summed E-state index contributed by atoms with van der Waals surface area (Å²) in [4.78, 5) is 30.3. The van der Waals surface area contributed by atoms with Gasteiger partial charge in [-0.15, -0.1) is 11.3 Å². The molecule has 2 fully saturated rings. The molecule has 0 radical (unpaired) electrons. The number of nitrogens with zero attached hydrogens (tertiary/aromatic N) is 5. The van der Waals surface area contributed by atoms with E-state index in [9.17, 15) is 9.59 Å². The minimum Gasteiger partial charge on any atom is -0.381 e. The zero-order valence-corrected chi connectivity index (χ0v) is 22.7. The van der Waals surface area contributed by atoms with Gasteiger partial charge >= 0.3 is 0 Å². The first-order chi connectivity index (χ1) is 19.0. The van der Waals surface area contributed by atoms with Crippen LogP contribution in [0.1, 0.15) is 55.1 Å². The fourth-order valence-electron chi connectivity index (χ4n) is 6.17. The molecule has 0 bridgehead atoms. The smallest absolute Gasteiger partial charge is 0.260 e. The van der Waals surface area contributed by atoms with Crippen molar-refractivity contribution >= 4 is 28.0 Å². The molecule has 2 amide bonds. The van der Waals surface area contributed by atoms with Crippen molar-refractivity contribution in [3.05, 3.63) is 53.5 Å². The molecule has 39 heavy (non-hydrogen) atoms. The Labute approximate surface area is 229 Å². The number of ether oxygens (including phenoxy) is 1. The van der Waals surface area contributed by atoms with Gasteiger partial charge in [0.2, 0.25) is 5.91 Å². The number of allylic oxidation sites excluding steroid dienone is 1. The zero-order valence-electron chi connectivity index (χ0n) is 21.9. The largest absolute Gasteiger partial charge is 0.381 e. The lowest BCUT2D eigenvalue weighted by Crippen LogP contribution is -2.52. The molecule has 0 aromatic carbocycles. The number of fused-ring (bicyclic) bond motifs is 2. The van der Waals surface area contributed by atoms with Crippen molar-refractivity contribution in [2.45, 2.75) is 63.8 Å². The van der Waals surface area contributed by atoms with Crippen molar-refractivity contribution in [2.75, 3.05) is 19.7 Å². The molecular weight excluding hydrogens is 516 g/mol. The van der Waals surface area contributed by atoms with E-state index in [1.54, 1.807) is 16.9 Å². The van der Waals surface area contributed by atoms with E-state index in [4.69, 9.17) is 4.74 Å². The van der Waals surface area contributed by atoms with E-state index >= 15 is 0 Å². The Hall–Kier alpha value is -3.48. The third-order valence-corrected chi connectivity index (χ3v) is 9.65. The molecular formula is C27H32N8O3S. The maximum atomic E-state index is 13.4. The normalized spacial score (nSPS) is 22.1. The molecule has 204 valence electrons. The van der Waals surface area contributed by atoms with Crippen LogP contribution in [0.4, 0.5) is 0 Å². The first-order valence-electron chi connectivity index (χ1n) is 13.6. The van der Waals surface area contributed by atoms with Crippen LogP contribution in [0.25, 0.3) is 15.3 Å². The second-order valence-corrected chi connectivity index (χ2v) is 11.9. The number of carbonyl (C=O) groups is 2. The van der Waals surface area contributed by atoms with Crippen LogP contribution in [0.3, 0.4) is 0 Å². The number of aromatic nitrogens is 4. The van der Waals surface area contributed by atoms with E-state index in [-0.39, 0.29) is 23.4 Å². The van der Waals surface area contributed by atoms with E-state index in [1.165, 1.54) is 37.0 Å². The van der Waals surface area contributed by atoms with Gasteiger partial charge in [-0.25, -0.2) is 4.52 Å². The lowest BCUT2D eigenvalue weighted by molar-refractivity contribution is -0.123. The fraction of sp³-hybridized carbons (Fsp3) is 0.481. The summed E-state index contributed by atoms with van der Waals surface area (Å²) < 4.78 is 9.33. The summed E-state index contributed by atoms with van der Waals surface area (Å²) in [6.07, 6.45) is 15.0. The molecule has 7 rings (SSSR count). The minimum absolute atomic E-state index is 0.0232. The number of nitrogens with one attached hydrogen (secondary N) is 3. The van der Waals surface area contributed by atoms with Crippen LogP contribution in [0.5, 0.6) is 0 Å². The standard InChI is InChI=1S/C27H32N8O3S/c1-17-21(10-18(11-28-17)31-24(36)15-33-7-3-6-27(33)4-2-5-27)32-25(37)20-13-30-35-14-23(39-26(20)35)19-12-29-34-8-9-38-16-22(19)34/h10-14,17,28H,2-9,15-16H2,1H3,(H,31,36)(H,32,37). The number of rotatable bonds is 6. The molecule has 3 N–H and O–H groups in total. The summed E-state index contributed by atoms with van der Waals surface area (Å²) in [6.45, 7) is 5.28. The number of likely N-dealkylation sites (tertiary alicyclic amines) is 1. The van der Waals surface area contributed by atoms with Crippen molar-refractivity contribution in [1.29, 1.82) is 0 Å². The van der Waals surface area contributed by atoms with Gasteiger partial charge in [0.1, 0.15) is 4.83 Å². The van der Waals surface area contributed by atoms with Crippen molar-refractivity contribution in [3.8, 4) is 10.4 Å². The van der Waals surface area contributed by atoms with Gasteiger partial charge in [0, 0.05) is 29.2 Å². The Morgan fingerprint density at radius 3 is 2.90 bits per heavy atom. The number of amides is 2. The number of hydrogen-bond donors (Lipinski definition) is 3. The van der Waals surface area contributed by atoms with Crippen LogP contribution in [0, 0.1) is 0 Å². The molecule has 1 saturated heterocycles. The van der Waals surface area contributed by atoms with Crippen molar-refractivity contribution in [1.82, 2.24) is 40.2 Å². The molecule has 1 atom stereocenters. The van der Waals surface area contributed by atoms with Gasteiger partial charge in [0.05, 0.1) is 66.6 Å². The second-order valence-electron chi connectivity index (χ2n) is 10.9. The maximum absolute atomic E-state index is 13.4. The Kier molecular flexibility index (Phi) is 6.05. The van der Waals surface area contributed by atoms with Crippen molar-refractivity contribution in [2.24, 2.45) is 0 Å². The second kappa shape index (κ2) is 9.61. The highest BCUT2D eigenvalue weighted by Crippen LogP contribution is 2.45. The van der Waals surface area contributed by atoms with Crippen molar-refractivity contribution < 1.29 is 14.3 Å². The van der Waals surface area contributed by atoms with Crippen LogP contribution in [0.15, 0.2) is 42.3 Å². The molecule has 11 nitrogen and oxygen atoms in total. The van der Waals surface area contributed by atoms with Crippen LogP contribution < -0.4 is 16.0 Å². The highest BCUT2D eigenvalue weighted by Gasteiger charge is 2.45. The van der Waals surface area contributed by atoms with E-state index in [0.717, 1.165) is 40.5 Å². The average Bonchev–Trinajstić information content (AvgIpc) is 3.67. The number of dihydropyridines is 1. The zero-order chi connectivity index (χ0) is 26.6. The first-order valence-corrected chi connectivity index (χ1v) is 14.4. The van der Waals surface area contributed by atoms with Gasteiger partial charge in [-0.3, -0.25) is 19.2 Å². The summed E-state index contributed by atoms with van der Waals surface area (Å²) in [6, 6.07) is -0.115. The van der Waals surface area contributed by atoms with Gasteiger partial charge in [0.25, 0.3) is 5.91 Å². The third kappa shape index (κ3) is 4.36. The topological polar surface area (TPSA) is 118 Å². The minimum atomic E-state index is -0.241. The number of thiazole rings is 1. The van der Waals surface area contributed by atoms with Crippen LogP contribution >= 0.6 is 11.3 Å². The van der Waals surface area contributed by atoms with E-state index < -0.39 is 0 Å². The summed E-state index contributed by atoms with van der Waals surface area (Å²) in [7, 11) is 0. The van der Waals surface area contributed by atoms with Gasteiger partial charge < -0.3 is 20.7 Å². The SMILES string of the molecule is CC1NC=C(NC(=O)CN2CCCC23CCC3)C=C1NC(=O)c1cnn2cc(-c3cnn4c3COCC4)sc12. The number of carbonyl (C=O) groups excluding carboxylic acids is 2. The molecule has 6 heterocycles. The average molecular weight is 549 g/mol. The van der Waals surface area contributed by atoms with Crippen LogP contribution in [-0.2, 0) is 22.7 Å². The van der Waals surface area contributed by atoms with Gasteiger partial charge in [0.15, 0.2) is 0 Å². The molecule has 12 heteroatoms. The summed E-state index contributed by atoms with van der Waals surface area (Å²) in [5.74, 6) is -0.264.